The fourth-order valence-electron chi connectivity index (χ4n) is 4.54. The van der Waals surface area contributed by atoms with Gasteiger partial charge in [-0.05, 0) is 42.3 Å². The van der Waals surface area contributed by atoms with E-state index in [1.807, 2.05) is 0 Å². The molecule has 14 heteroatoms. The van der Waals surface area contributed by atoms with Crippen LogP contribution in [0.2, 0.25) is 0 Å². The van der Waals surface area contributed by atoms with E-state index in [1.165, 1.54) is 31.4 Å². The van der Waals surface area contributed by atoms with Crippen LogP contribution in [0.4, 0.5) is 0 Å². The molecular formula is C29H34N2O12. The molecule has 1 aliphatic rings. The monoisotopic (exact) mass is 602 g/mol. The lowest BCUT2D eigenvalue weighted by molar-refractivity contribution is -0.271. The Hall–Kier alpha value is -4.37. The van der Waals surface area contributed by atoms with Crippen molar-refractivity contribution in [2.24, 2.45) is 0 Å². The summed E-state index contributed by atoms with van der Waals surface area (Å²) in [5.41, 5.74) is -0.0152. The second-order valence-corrected chi connectivity index (χ2v) is 9.97. The fraction of sp³-hybridized carbons (Fsp3) is 0.414. The minimum absolute atomic E-state index is 0.117. The van der Waals surface area contributed by atoms with Gasteiger partial charge in [0.05, 0.1) is 19.2 Å². The van der Waals surface area contributed by atoms with Crippen molar-refractivity contribution < 1.29 is 54.1 Å². The molecule has 14 nitrogen and oxygen atoms in total. The molecular weight excluding hydrogens is 568 g/mol. The van der Waals surface area contributed by atoms with Gasteiger partial charge in [0.2, 0.25) is 6.29 Å². The van der Waals surface area contributed by atoms with Gasteiger partial charge in [0.25, 0.3) is 11.5 Å². The van der Waals surface area contributed by atoms with Gasteiger partial charge in [-0.2, -0.15) is 0 Å². The molecule has 0 aliphatic carbocycles. The van der Waals surface area contributed by atoms with E-state index in [0.717, 1.165) is 19.3 Å². The van der Waals surface area contributed by atoms with E-state index >= 15 is 0 Å². The lowest BCUT2D eigenvalue weighted by Crippen LogP contribution is -2.61. The van der Waals surface area contributed by atoms with Gasteiger partial charge in [-0.3, -0.25) is 9.59 Å². The van der Waals surface area contributed by atoms with Crippen molar-refractivity contribution >= 4 is 22.8 Å². The largest absolute Gasteiger partial charge is 0.504 e. The Labute approximate surface area is 245 Å². The third-order valence-corrected chi connectivity index (χ3v) is 6.93. The molecule has 2 aromatic carbocycles. The molecule has 1 amide bonds. The fourth-order valence-corrected chi connectivity index (χ4v) is 4.54. The molecule has 43 heavy (non-hydrogen) atoms. The number of aromatic hydroxyl groups is 1. The zero-order valence-corrected chi connectivity index (χ0v) is 23.5. The number of aliphatic hydroxyl groups is 3. The summed E-state index contributed by atoms with van der Waals surface area (Å²) in [7, 11) is 1.49. The lowest BCUT2D eigenvalue weighted by Gasteiger charge is -2.38. The summed E-state index contributed by atoms with van der Waals surface area (Å²) in [6, 6.07) is 8.78. The number of amides is 1. The number of carbonyl (C=O) groups excluding carboxylic acids is 1. The number of carboxylic acid groups (broad SMARTS) is 1. The van der Waals surface area contributed by atoms with E-state index in [1.54, 1.807) is 12.1 Å². The van der Waals surface area contributed by atoms with E-state index in [0.29, 0.717) is 34.6 Å². The van der Waals surface area contributed by atoms with Crippen molar-refractivity contribution in [3.63, 3.8) is 0 Å². The van der Waals surface area contributed by atoms with E-state index in [4.69, 9.17) is 18.9 Å². The van der Waals surface area contributed by atoms with Gasteiger partial charge < -0.3 is 54.8 Å². The summed E-state index contributed by atoms with van der Waals surface area (Å²) >= 11 is 0. The number of benzene rings is 2. The predicted molar refractivity (Wildman–Crippen MR) is 150 cm³/mol. The first-order valence-corrected chi connectivity index (χ1v) is 13.6. The first-order valence-electron chi connectivity index (χ1n) is 13.6. The number of rotatable bonds is 12. The average Bonchev–Trinajstić information content (AvgIpc) is 2.99. The smallest absolute Gasteiger partial charge is 0.335 e. The van der Waals surface area contributed by atoms with Gasteiger partial charge in [-0.15, -0.1) is 0 Å². The molecule has 5 atom stereocenters. The summed E-state index contributed by atoms with van der Waals surface area (Å²) in [5.74, 6) is -2.13. The summed E-state index contributed by atoms with van der Waals surface area (Å²) in [6.45, 7) is 2.39. The summed E-state index contributed by atoms with van der Waals surface area (Å²) in [5, 5.41) is 52.7. The lowest BCUT2D eigenvalue weighted by atomic mass is 9.99. The van der Waals surface area contributed by atoms with Gasteiger partial charge in [-0.1, -0.05) is 25.8 Å². The van der Waals surface area contributed by atoms with Gasteiger partial charge in [-0.25, -0.2) is 4.79 Å². The van der Waals surface area contributed by atoms with Crippen LogP contribution in [0.1, 0.15) is 42.1 Å². The maximum absolute atomic E-state index is 13.0. The second-order valence-electron chi connectivity index (χ2n) is 9.97. The van der Waals surface area contributed by atoms with Crippen molar-refractivity contribution in [1.82, 2.24) is 10.3 Å². The molecule has 0 saturated carbocycles. The summed E-state index contributed by atoms with van der Waals surface area (Å²) in [6.07, 6.45) is -6.45. The Morgan fingerprint density at radius 3 is 2.49 bits per heavy atom. The number of carboxylic acids is 1. The number of aliphatic hydroxyl groups excluding tert-OH is 3. The number of fused-ring (bicyclic) bond motifs is 1. The quantitative estimate of drug-likeness (QED) is 0.145. The van der Waals surface area contributed by atoms with Gasteiger partial charge in [0, 0.05) is 11.9 Å². The Bertz CT molecular complexity index is 1520. The molecule has 1 fully saturated rings. The van der Waals surface area contributed by atoms with Crippen LogP contribution in [0.15, 0.2) is 41.2 Å². The highest BCUT2D eigenvalue weighted by atomic mass is 16.7. The molecule has 1 saturated heterocycles. The van der Waals surface area contributed by atoms with Crippen molar-refractivity contribution in [3.8, 4) is 23.0 Å². The zero-order chi connectivity index (χ0) is 31.3. The number of H-pyrrole nitrogens is 1. The number of methoxy groups -OCH3 is 1. The van der Waals surface area contributed by atoms with E-state index in [9.17, 15) is 39.9 Å². The van der Waals surface area contributed by atoms with Gasteiger partial charge in [0.1, 0.15) is 23.9 Å². The Balaban J connectivity index is 1.49. The van der Waals surface area contributed by atoms with Crippen molar-refractivity contribution in [2.45, 2.75) is 63.4 Å². The second kappa shape index (κ2) is 13.7. The first kappa shape index (κ1) is 31.6. The minimum Gasteiger partial charge on any atom is -0.504 e. The van der Waals surface area contributed by atoms with E-state index < -0.39 is 53.9 Å². The zero-order valence-electron chi connectivity index (χ0n) is 23.5. The molecule has 1 aromatic heterocycles. The Kier molecular flexibility index (Phi) is 10.1. The van der Waals surface area contributed by atoms with Crippen LogP contribution in [-0.4, -0.2) is 86.8 Å². The number of aromatic nitrogens is 1. The van der Waals surface area contributed by atoms with Crippen LogP contribution in [0.5, 0.6) is 23.0 Å². The molecule has 4 unspecified atom stereocenters. The third kappa shape index (κ3) is 7.00. The van der Waals surface area contributed by atoms with Crippen LogP contribution >= 0.6 is 0 Å². The molecule has 7 N–H and O–H groups in total. The number of nitrogens with one attached hydrogen (secondary N) is 2. The number of hydrogen-bond acceptors (Lipinski definition) is 11. The normalized spacial score (nSPS) is 21.7. The first-order chi connectivity index (χ1) is 20.5. The molecule has 0 radical (unpaired) electrons. The van der Waals surface area contributed by atoms with E-state index in [2.05, 4.69) is 17.2 Å². The average molecular weight is 603 g/mol. The highest BCUT2D eigenvalue weighted by Crippen LogP contribution is 2.34. The predicted octanol–water partition coefficient (Wildman–Crippen LogP) is 1.01. The van der Waals surface area contributed by atoms with Crippen LogP contribution in [-0.2, 0) is 16.1 Å². The number of unbranched alkanes of at least 4 members (excludes halogenated alkanes) is 2. The number of pyridine rings is 1. The van der Waals surface area contributed by atoms with Crippen molar-refractivity contribution in [3.05, 3.63) is 57.9 Å². The number of aliphatic carboxylic acids is 1. The number of phenols is 1. The number of hydrogen-bond donors (Lipinski definition) is 7. The van der Waals surface area contributed by atoms with Crippen molar-refractivity contribution in [1.29, 1.82) is 0 Å². The number of carbonyl (C=O) groups is 2. The molecule has 0 bridgehead atoms. The SMILES string of the molecule is CCCCCOc1c(OC)ccc2cc(C(=O)NCc3ccc(O)c(OC4OC(C(=O)O)[C@H](O)C(O)C4O)c3)c(=O)[nH]c12. The molecule has 232 valence electrons. The maximum Gasteiger partial charge on any atom is 0.335 e. The topological polar surface area (TPSA) is 217 Å². The summed E-state index contributed by atoms with van der Waals surface area (Å²) in [4.78, 5) is 40.0. The highest BCUT2D eigenvalue weighted by Gasteiger charge is 2.48. The molecule has 0 spiro atoms. The standard InChI is InChI=1S/C29H34N2O12/c1-3-4-5-10-41-24-18(40-2)9-7-15-12-16(27(37)31-20(15)24)26(36)30-13-14-6-8-17(32)19(11-14)42-29-23(35)21(33)22(34)25(43-29)28(38)39/h6-9,11-12,21-23,25,29,32-35H,3-5,10,13H2,1-2H3,(H,30,36)(H,31,37)(H,38,39)/t21?,22-,23?,25?,29?/m1/s1. The molecule has 2 heterocycles. The van der Waals surface area contributed by atoms with Crippen LogP contribution < -0.4 is 25.1 Å². The number of ether oxygens (including phenoxy) is 4. The number of aromatic amines is 1. The van der Waals surface area contributed by atoms with Gasteiger partial charge >= 0.3 is 5.97 Å². The maximum atomic E-state index is 13.0. The molecule has 3 aromatic rings. The van der Waals surface area contributed by atoms with Crippen LogP contribution in [0, 0.1) is 0 Å². The molecule has 4 rings (SSSR count). The Morgan fingerprint density at radius 1 is 1.02 bits per heavy atom. The third-order valence-electron chi connectivity index (χ3n) is 6.93. The van der Waals surface area contributed by atoms with Crippen LogP contribution in [0.3, 0.4) is 0 Å². The van der Waals surface area contributed by atoms with Crippen molar-refractivity contribution in [2.75, 3.05) is 13.7 Å². The van der Waals surface area contributed by atoms with Gasteiger partial charge in [0.15, 0.2) is 29.1 Å². The Morgan fingerprint density at radius 2 is 1.79 bits per heavy atom. The minimum atomic E-state index is -1.91. The van der Waals surface area contributed by atoms with E-state index in [-0.39, 0.29) is 17.9 Å². The molecule has 1 aliphatic heterocycles. The number of phenolic OH excluding ortho intramolecular Hbond substituents is 1. The van der Waals surface area contributed by atoms with Crippen LogP contribution in [0.25, 0.3) is 10.9 Å². The highest BCUT2D eigenvalue weighted by molar-refractivity contribution is 5.98. The summed E-state index contributed by atoms with van der Waals surface area (Å²) < 4.78 is 21.8.